The number of hydrogen-bond acceptors (Lipinski definition) is 5. The lowest BCUT2D eigenvalue weighted by Gasteiger charge is -2.16. The fourth-order valence-electron chi connectivity index (χ4n) is 3.08. The van der Waals surface area contributed by atoms with E-state index in [-0.39, 0.29) is 11.2 Å². The summed E-state index contributed by atoms with van der Waals surface area (Å²) in [6, 6.07) is 8.04. The zero-order chi connectivity index (χ0) is 17.8. The third-order valence-corrected chi connectivity index (χ3v) is 5.67. The highest BCUT2D eigenvalue weighted by molar-refractivity contribution is 8.00. The Morgan fingerprint density at radius 1 is 1.32 bits per heavy atom. The number of nitrogens with one attached hydrogen (secondary N) is 1. The second-order valence-corrected chi connectivity index (χ2v) is 7.62. The van der Waals surface area contributed by atoms with Gasteiger partial charge in [-0.2, -0.15) is 0 Å². The van der Waals surface area contributed by atoms with Crippen LogP contribution in [-0.2, 0) is 11.8 Å². The monoisotopic (exact) mass is 360 g/mol. The van der Waals surface area contributed by atoms with Crippen molar-refractivity contribution in [3.8, 4) is 17.1 Å². The van der Waals surface area contributed by atoms with Crippen LogP contribution in [0.2, 0.25) is 0 Å². The molecule has 1 fully saturated rings. The van der Waals surface area contributed by atoms with Gasteiger partial charge in [0.2, 0.25) is 5.91 Å². The summed E-state index contributed by atoms with van der Waals surface area (Å²) in [5, 5.41) is 12.2. The number of rotatable bonds is 6. The largest absolute Gasteiger partial charge is 0.496 e. The molecule has 1 aliphatic rings. The van der Waals surface area contributed by atoms with Crippen LogP contribution in [0.1, 0.15) is 32.6 Å². The Morgan fingerprint density at radius 2 is 2.04 bits per heavy atom. The van der Waals surface area contributed by atoms with Crippen molar-refractivity contribution in [3.05, 3.63) is 24.3 Å². The standard InChI is InChI=1S/C18H24N4O2S/c1-12(17(23)19-13-8-4-5-9-13)25-18-21-20-16(22(18)2)14-10-6-7-11-15(14)24-3/h6-7,10-13H,4-5,8-9H2,1-3H3,(H,19,23)/t12-/m1/s1. The van der Waals surface area contributed by atoms with Crippen molar-refractivity contribution < 1.29 is 9.53 Å². The van der Waals surface area contributed by atoms with E-state index in [0.717, 1.165) is 35.1 Å². The Labute approximate surface area is 152 Å². The molecule has 1 aromatic heterocycles. The fraction of sp³-hybridized carbons (Fsp3) is 0.500. The molecule has 0 bridgehead atoms. The molecule has 0 spiro atoms. The molecule has 0 radical (unpaired) electrons. The number of methoxy groups -OCH3 is 1. The van der Waals surface area contributed by atoms with Crippen molar-refractivity contribution in [3.63, 3.8) is 0 Å². The van der Waals surface area contributed by atoms with E-state index in [2.05, 4.69) is 15.5 Å². The van der Waals surface area contributed by atoms with Gasteiger partial charge in [-0.1, -0.05) is 36.7 Å². The summed E-state index contributed by atoms with van der Waals surface area (Å²) in [5.74, 6) is 1.55. The van der Waals surface area contributed by atoms with Gasteiger partial charge in [0.1, 0.15) is 5.75 Å². The van der Waals surface area contributed by atoms with Crippen molar-refractivity contribution in [2.75, 3.05) is 7.11 Å². The highest BCUT2D eigenvalue weighted by Crippen LogP contribution is 2.31. The molecule has 1 atom stereocenters. The maximum Gasteiger partial charge on any atom is 0.233 e. The van der Waals surface area contributed by atoms with E-state index >= 15 is 0 Å². The first kappa shape index (κ1) is 17.8. The number of carbonyl (C=O) groups excluding carboxylic acids is 1. The lowest BCUT2D eigenvalue weighted by Crippen LogP contribution is -2.37. The number of thioether (sulfide) groups is 1. The molecule has 1 aromatic carbocycles. The molecular weight excluding hydrogens is 336 g/mol. The number of carbonyl (C=O) groups is 1. The van der Waals surface area contributed by atoms with Gasteiger partial charge in [-0.05, 0) is 31.9 Å². The van der Waals surface area contributed by atoms with E-state index in [0.29, 0.717) is 6.04 Å². The summed E-state index contributed by atoms with van der Waals surface area (Å²) >= 11 is 1.43. The van der Waals surface area contributed by atoms with E-state index in [1.807, 2.05) is 42.8 Å². The van der Waals surface area contributed by atoms with Crippen LogP contribution < -0.4 is 10.1 Å². The number of nitrogens with zero attached hydrogens (tertiary/aromatic N) is 3. The zero-order valence-electron chi connectivity index (χ0n) is 14.9. The normalized spacial score (nSPS) is 16.0. The van der Waals surface area contributed by atoms with Crippen LogP contribution in [0.4, 0.5) is 0 Å². The van der Waals surface area contributed by atoms with Crippen molar-refractivity contribution in [2.45, 2.75) is 49.1 Å². The van der Waals surface area contributed by atoms with Gasteiger partial charge in [0.05, 0.1) is 17.9 Å². The molecule has 1 amide bonds. The number of aromatic nitrogens is 3. The van der Waals surface area contributed by atoms with Crippen molar-refractivity contribution >= 4 is 17.7 Å². The second-order valence-electron chi connectivity index (χ2n) is 6.32. The lowest BCUT2D eigenvalue weighted by molar-refractivity contribution is -0.120. The molecule has 1 N–H and O–H groups in total. The maximum atomic E-state index is 12.4. The molecule has 25 heavy (non-hydrogen) atoms. The van der Waals surface area contributed by atoms with Crippen LogP contribution >= 0.6 is 11.8 Å². The first-order valence-corrected chi connectivity index (χ1v) is 9.48. The van der Waals surface area contributed by atoms with Crippen LogP contribution in [0.5, 0.6) is 5.75 Å². The van der Waals surface area contributed by atoms with E-state index in [1.165, 1.54) is 24.6 Å². The second kappa shape index (κ2) is 7.91. The zero-order valence-corrected chi connectivity index (χ0v) is 15.7. The van der Waals surface area contributed by atoms with Gasteiger partial charge in [0.15, 0.2) is 11.0 Å². The van der Waals surface area contributed by atoms with Crippen LogP contribution in [0, 0.1) is 0 Å². The number of amides is 1. The average Bonchev–Trinajstić information content (AvgIpc) is 3.25. The average molecular weight is 360 g/mol. The Bertz CT molecular complexity index is 740. The highest BCUT2D eigenvalue weighted by atomic mass is 32.2. The Morgan fingerprint density at radius 3 is 2.76 bits per heavy atom. The minimum Gasteiger partial charge on any atom is -0.496 e. The summed E-state index contributed by atoms with van der Waals surface area (Å²) in [7, 11) is 3.55. The molecule has 0 unspecified atom stereocenters. The van der Waals surface area contributed by atoms with E-state index in [9.17, 15) is 4.79 Å². The maximum absolute atomic E-state index is 12.4. The molecule has 1 heterocycles. The van der Waals surface area contributed by atoms with Crippen LogP contribution in [0.15, 0.2) is 29.4 Å². The first-order chi connectivity index (χ1) is 12.1. The van der Waals surface area contributed by atoms with Crippen molar-refractivity contribution in [1.82, 2.24) is 20.1 Å². The van der Waals surface area contributed by atoms with Crippen LogP contribution in [0.3, 0.4) is 0 Å². The van der Waals surface area contributed by atoms with Gasteiger partial charge in [-0.25, -0.2) is 0 Å². The summed E-state index contributed by atoms with van der Waals surface area (Å²) < 4.78 is 7.31. The molecule has 0 saturated heterocycles. The quantitative estimate of drug-likeness (QED) is 0.802. The smallest absolute Gasteiger partial charge is 0.233 e. The number of benzene rings is 1. The molecule has 1 aliphatic carbocycles. The number of hydrogen-bond donors (Lipinski definition) is 1. The fourth-order valence-corrected chi connectivity index (χ4v) is 3.91. The topological polar surface area (TPSA) is 69.0 Å². The summed E-state index contributed by atoms with van der Waals surface area (Å²) in [4.78, 5) is 12.4. The van der Waals surface area contributed by atoms with Gasteiger partial charge < -0.3 is 14.6 Å². The third kappa shape index (κ3) is 3.98. The minimum atomic E-state index is -0.214. The predicted octanol–water partition coefficient (Wildman–Crippen LogP) is 3.03. The predicted molar refractivity (Wildman–Crippen MR) is 98.7 cm³/mol. The highest BCUT2D eigenvalue weighted by Gasteiger charge is 2.23. The number of para-hydroxylation sites is 1. The van der Waals surface area contributed by atoms with E-state index in [4.69, 9.17) is 4.74 Å². The van der Waals surface area contributed by atoms with Gasteiger partial charge >= 0.3 is 0 Å². The van der Waals surface area contributed by atoms with Crippen molar-refractivity contribution in [2.24, 2.45) is 7.05 Å². The Hall–Kier alpha value is -2.02. The summed E-state index contributed by atoms with van der Waals surface area (Å²) in [6.45, 7) is 1.91. The molecule has 0 aliphatic heterocycles. The summed E-state index contributed by atoms with van der Waals surface area (Å²) in [6.07, 6.45) is 4.59. The van der Waals surface area contributed by atoms with Gasteiger partial charge in [0, 0.05) is 13.1 Å². The van der Waals surface area contributed by atoms with Gasteiger partial charge in [-0.3, -0.25) is 4.79 Å². The molecular formula is C18H24N4O2S. The van der Waals surface area contributed by atoms with Gasteiger partial charge in [-0.15, -0.1) is 10.2 Å². The van der Waals surface area contributed by atoms with Gasteiger partial charge in [0.25, 0.3) is 0 Å². The third-order valence-electron chi connectivity index (χ3n) is 4.54. The molecule has 3 rings (SSSR count). The molecule has 134 valence electrons. The van der Waals surface area contributed by atoms with Crippen molar-refractivity contribution in [1.29, 1.82) is 0 Å². The Balaban J connectivity index is 1.71. The number of ether oxygens (including phenoxy) is 1. The van der Waals surface area contributed by atoms with Crippen LogP contribution in [0.25, 0.3) is 11.4 Å². The van der Waals surface area contributed by atoms with Crippen LogP contribution in [-0.4, -0.2) is 39.1 Å². The Kier molecular flexibility index (Phi) is 5.63. The molecule has 7 heteroatoms. The minimum absolute atomic E-state index is 0.0683. The molecule has 6 nitrogen and oxygen atoms in total. The molecule has 2 aromatic rings. The van der Waals surface area contributed by atoms with E-state index in [1.54, 1.807) is 7.11 Å². The first-order valence-electron chi connectivity index (χ1n) is 8.60. The van der Waals surface area contributed by atoms with E-state index < -0.39 is 0 Å². The SMILES string of the molecule is COc1ccccc1-c1nnc(S[C@H](C)C(=O)NC2CCCC2)n1C. The lowest BCUT2D eigenvalue weighted by atomic mass is 10.2. The molecule has 1 saturated carbocycles. The summed E-state index contributed by atoms with van der Waals surface area (Å²) in [5.41, 5.74) is 0.884.